The minimum Gasteiger partial charge on any atom is -0.394 e. The number of benzene rings is 1. The van der Waals surface area contributed by atoms with Crippen molar-refractivity contribution < 1.29 is 19.4 Å². The van der Waals surface area contributed by atoms with E-state index in [1.54, 1.807) is 0 Å². The first-order chi connectivity index (χ1) is 11.8. The van der Waals surface area contributed by atoms with Gasteiger partial charge < -0.3 is 14.6 Å². The van der Waals surface area contributed by atoms with Crippen molar-refractivity contribution >= 4 is 5.78 Å². The molecule has 4 heteroatoms. The topological polar surface area (TPSA) is 55.8 Å². The molecule has 0 aliphatic heterocycles. The van der Waals surface area contributed by atoms with Crippen molar-refractivity contribution in [3.05, 3.63) is 34.9 Å². The predicted molar refractivity (Wildman–Crippen MR) is 101 cm³/mol. The van der Waals surface area contributed by atoms with Gasteiger partial charge in [0.2, 0.25) is 0 Å². The van der Waals surface area contributed by atoms with Crippen molar-refractivity contribution in [3.63, 3.8) is 0 Å². The predicted octanol–water partition coefficient (Wildman–Crippen LogP) is 3.60. The van der Waals surface area contributed by atoms with Gasteiger partial charge in [0.15, 0.2) is 0 Å². The lowest BCUT2D eigenvalue weighted by atomic mass is 9.84. The lowest BCUT2D eigenvalue weighted by molar-refractivity contribution is -0.119. The van der Waals surface area contributed by atoms with Gasteiger partial charge in [0.05, 0.1) is 26.4 Å². The molecule has 0 spiro atoms. The summed E-state index contributed by atoms with van der Waals surface area (Å²) in [6.07, 6.45) is 2.71. The van der Waals surface area contributed by atoms with Gasteiger partial charge in [0.1, 0.15) is 5.78 Å². The van der Waals surface area contributed by atoms with Crippen LogP contribution in [0.5, 0.6) is 0 Å². The van der Waals surface area contributed by atoms with Crippen molar-refractivity contribution in [1.29, 1.82) is 0 Å². The molecule has 0 fully saturated rings. The summed E-state index contributed by atoms with van der Waals surface area (Å²) in [7, 11) is 0. The molecule has 4 nitrogen and oxygen atoms in total. The van der Waals surface area contributed by atoms with Crippen molar-refractivity contribution in [1.82, 2.24) is 0 Å². The van der Waals surface area contributed by atoms with Crippen LogP contribution in [-0.2, 0) is 26.1 Å². The van der Waals surface area contributed by atoms with Crippen LogP contribution in [0, 0.1) is 6.92 Å². The fraction of sp³-hybridized carbons (Fsp3) is 0.667. The van der Waals surface area contributed by atoms with Gasteiger partial charge in [-0.15, -0.1) is 0 Å². The molecule has 25 heavy (non-hydrogen) atoms. The first-order valence-corrected chi connectivity index (χ1v) is 9.22. The molecule has 1 rings (SSSR count). The summed E-state index contributed by atoms with van der Waals surface area (Å²) in [6.45, 7) is 10.7. The maximum absolute atomic E-state index is 12.0. The number of carbonyl (C=O) groups excluding carboxylic acids is 1. The van der Waals surface area contributed by atoms with E-state index in [1.807, 2.05) is 0 Å². The van der Waals surface area contributed by atoms with Crippen LogP contribution in [0.4, 0.5) is 0 Å². The number of aryl methyl sites for hydroxylation is 2. The summed E-state index contributed by atoms with van der Waals surface area (Å²) in [6, 6.07) is 6.64. The second kappa shape index (κ2) is 11.4. The Hall–Kier alpha value is -1.23. The lowest BCUT2D eigenvalue weighted by Gasteiger charge is -2.20. The highest BCUT2D eigenvalue weighted by Crippen LogP contribution is 2.25. The van der Waals surface area contributed by atoms with Crippen LogP contribution in [-0.4, -0.2) is 43.9 Å². The number of hydrogen-bond donors (Lipinski definition) is 1. The van der Waals surface area contributed by atoms with E-state index in [1.165, 1.54) is 16.7 Å². The van der Waals surface area contributed by atoms with Crippen LogP contribution in [0.1, 0.15) is 56.7 Å². The molecule has 0 bridgehead atoms. The van der Waals surface area contributed by atoms with Crippen molar-refractivity contribution in [2.45, 2.75) is 58.8 Å². The zero-order valence-electron chi connectivity index (χ0n) is 16.3. The standard InChI is InChI=1S/C21H34O4/c1-17-14-18(16-19(15-17)21(2,3)4)7-8-20(23)6-5-10-24-12-13-25-11-9-22/h14-16,22H,5-13H2,1-4H3. The molecule has 0 saturated carbocycles. The zero-order valence-corrected chi connectivity index (χ0v) is 16.3. The average Bonchev–Trinajstić information content (AvgIpc) is 2.54. The molecular formula is C21H34O4. The first-order valence-electron chi connectivity index (χ1n) is 9.22. The summed E-state index contributed by atoms with van der Waals surface area (Å²) < 4.78 is 10.5. The fourth-order valence-corrected chi connectivity index (χ4v) is 2.61. The zero-order chi connectivity index (χ0) is 18.7. The average molecular weight is 350 g/mol. The molecule has 0 aliphatic carbocycles. The quantitative estimate of drug-likeness (QED) is 0.585. The molecule has 0 heterocycles. The number of rotatable bonds is 12. The fourth-order valence-electron chi connectivity index (χ4n) is 2.61. The van der Waals surface area contributed by atoms with E-state index < -0.39 is 0 Å². The van der Waals surface area contributed by atoms with E-state index in [-0.39, 0.29) is 12.0 Å². The summed E-state index contributed by atoms with van der Waals surface area (Å²) in [4.78, 5) is 12.0. The van der Waals surface area contributed by atoms with Gasteiger partial charge in [-0.3, -0.25) is 4.79 Å². The van der Waals surface area contributed by atoms with Gasteiger partial charge in [0, 0.05) is 19.4 Å². The third-order valence-corrected chi connectivity index (χ3v) is 4.05. The number of ketones is 1. The van der Waals surface area contributed by atoms with Crippen molar-refractivity contribution in [2.75, 3.05) is 33.0 Å². The van der Waals surface area contributed by atoms with Gasteiger partial charge >= 0.3 is 0 Å². The second-order valence-electron chi connectivity index (χ2n) is 7.55. The summed E-state index contributed by atoms with van der Waals surface area (Å²) >= 11 is 0. The Morgan fingerprint density at radius 1 is 1.00 bits per heavy atom. The molecule has 0 amide bonds. The first kappa shape index (κ1) is 21.8. The number of carbonyl (C=O) groups is 1. The molecule has 1 aromatic carbocycles. The second-order valence-corrected chi connectivity index (χ2v) is 7.55. The summed E-state index contributed by atoms with van der Waals surface area (Å²) in [5.74, 6) is 0.291. The number of aliphatic hydroxyl groups excluding tert-OH is 1. The Kier molecular flexibility index (Phi) is 9.94. The Balaban J connectivity index is 2.25. The summed E-state index contributed by atoms with van der Waals surface area (Å²) in [5, 5.41) is 8.57. The number of aliphatic hydroxyl groups is 1. The van der Waals surface area contributed by atoms with E-state index in [9.17, 15) is 4.79 Å². The molecule has 0 saturated heterocycles. The van der Waals surface area contributed by atoms with Crippen LogP contribution >= 0.6 is 0 Å². The monoisotopic (exact) mass is 350 g/mol. The molecule has 1 aromatic rings. The van der Waals surface area contributed by atoms with E-state index in [4.69, 9.17) is 14.6 Å². The Bertz CT molecular complexity index is 517. The van der Waals surface area contributed by atoms with Crippen molar-refractivity contribution in [2.24, 2.45) is 0 Å². The van der Waals surface area contributed by atoms with Gasteiger partial charge in [0.25, 0.3) is 0 Å². The SMILES string of the molecule is Cc1cc(CCC(=O)CCCOCCOCCO)cc(C(C)(C)C)c1. The highest BCUT2D eigenvalue weighted by Gasteiger charge is 2.15. The highest BCUT2D eigenvalue weighted by molar-refractivity contribution is 5.78. The van der Waals surface area contributed by atoms with Crippen LogP contribution in [0.25, 0.3) is 0 Å². The van der Waals surface area contributed by atoms with Gasteiger partial charge in [-0.25, -0.2) is 0 Å². The van der Waals surface area contributed by atoms with E-state index in [0.717, 1.165) is 12.8 Å². The van der Waals surface area contributed by atoms with Crippen LogP contribution in [0.3, 0.4) is 0 Å². The van der Waals surface area contributed by atoms with Crippen molar-refractivity contribution in [3.8, 4) is 0 Å². The van der Waals surface area contributed by atoms with Crippen LogP contribution in [0.15, 0.2) is 18.2 Å². The van der Waals surface area contributed by atoms with Gasteiger partial charge in [-0.1, -0.05) is 44.5 Å². The molecular weight excluding hydrogens is 316 g/mol. The maximum atomic E-state index is 12.0. The highest BCUT2D eigenvalue weighted by atomic mass is 16.5. The smallest absolute Gasteiger partial charge is 0.133 e. The molecule has 0 radical (unpaired) electrons. The van der Waals surface area contributed by atoms with E-state index in [0.29, 0.717) is 45.1 Å². The Labute approximate surface area is 152 Å². The minimum atomic E-state index is 0.0344. The summed E-state index contributed by atoms with van der Waals surface area (Å²) in [5.41, 5.74) is 3.96. The van der Waals surface area contributed by atoms with Gasteiger partial charge in [-0.05, 0) is 36.3 Å². The van der Waals surface area contributed by atoms with E-state index >= 15 is 0 Å². The Morgan fingerprint density at radius 2 is 1.68 bits per heavy atom. The van der Waals surface area contributed by atoms with Gasteiger partial charge in [-0.2, -0.15) is 0 Å². The molecule has 0 aromatic heterocycles. The third kappa shape index (κ3) is 9.73. The Morgan fingerprint density at radius 3 is 2.32 bits per heavy atom. The number of Topliss-reactive ketones (excluding diaryl/α,β-unsaturated/α-hetero) is 1. The molecule has 0 aliphatic rings. The lowest BCUT2D eigenvalue weighted by Crippen LogP contribution is -2.12. The largest absolute Gasteiger partial charge is 0.394 e. The minimum absolute atomic E-state index is 0.0344. The molecule has 0 unspecified atom stereocenters. The molecule has 142 valence electrons. The van der Waals surface area contributed by atoms with Crippen LogP contribution < -0.4 is 0 Å². The van der Waals surface area contributed by atoms with Crippen LogP contribution in [0.2, 0.25) is 0 Å². The number of hydrogen-bond acceptors (Lipinski definition) is 4. The normalized spacial score (nSPS) is 11.7. The number of ether oxygens (including phenoxy) is 2. The van der Waals surface area contributed by atoms with E-state index in [2.05, 4.69) is 45.9 Å². The molecule has 0 atom stereocenters. The maximum Gasteiger partial charge on any atom is 0.133 e. The molecule has 1 N–H and O–H groups in total. The third-order valence-electron chi connectivity index (χ3n) is 4.05.